The van der Waals surface area contributed by atoms with Crippen molar-refractivity contribution in [3.63, 3.8) is 0 Å². The second kappa shape index (κ2) is 4.16. The number of fused-ring (bicyclic) bond motifs is 2. The van der Waals surface area contributed by atoms with Gasteiger partial charge in [0.25, 0.3) is 0 Å². The van der Waals surface area contributed by atoms with Crippen molar-refractivity contribution in [2.75, 3.05) is 0 Å². The van der Waals surface area contributed by atoms with Crippen LogP contribution in [0.4, 0.5) is 0 Å². The van der Waals surface area contributed by atoms with Crippen molar-refractivity contribution in [1.29, 1.82) is 5.26 Å². The Morgan fingerprint density at radius 3 is 2.56 bits per heavy atom. The molecule has 0 aromatic heterocycles. The lowest BCUT2D eigenvalue weighted by atomic mass is 9.84. The van der Waals surface area contributed by atoms with Gasteiger partial charge < -0.3 is 0 Å². The van der Waals surface area contributed by atoms with Crippen LogP contribution in [0.2, 0.25) is 0 Å². The predicted molar refractivity (Wildman–Crippen MR) is 62.9 cm³/mol. The Morgan fingerprint density at radius 1 is 1.31 bits per heavy atom. The van der Waals surface area contributed by atoms with E-state index < -0.39 is 5.54 Å². The molecule has 0 amide bonds. The van der Waals surface area contributed by atoms with Gasteiger partial charge in [-0.15, -0.1) is 0 Å². The molecule has 2 aliphatic carbocycles. The van der Waals surface area contributed by atoms with Crippen LogP contribution in [-0.2, 0) is 0 Å². The fourth-order valence-electron chi connectivity index (χ4n) is 3.23. The molecule has 0 aromatic carbocycles. The standard InChI is InChI=1S/C13H21N3/c1-9(15-16-13(2,3)8-14)12-7-10-4-5-11(12)6-10/h9-12H,4-7H2,1-3H3. The lowest BCUT2D eigenvalue weighted by Gasteiger charge is -2.24. The highest BCUT2D eigenvalue weighted by Gasteiger charge is 2.42. The van der Waals surface area contributed by atoms with Crippen molar-refractivity contribution >= 4 is 0 Å². The smallest absolute Gasteiger partial charge is 0.161 e. The molecule has 2 aliphatic rings. The topological polar surface area (TPSA) is 48.5 Å². The average Bonchev–Trinajstić information content (AvgIpc) is 2.87. The van der Waals surface area contributed by atoms with Gasteiger partial charge in [0.15, 0.2) is 5.54 Å². The number of hydrogen-bond acceptors (Lipinski definition) is 3. The van der Waals surface area contributed by atoms with Crippen LogP contribution in [0, 0.1) is 29.1 Å². The van der Waals surface area contributed by atoms with E-state index in [2.05, 4.69) is 23.2 Å². The van der Waals surface area contributed by atoms with Crippen LogP contribution in [0.15, 0.2) is 10.2 Å². The predicted octanol–water partition coefficient (Wildman–Crippen LogP) is 3.57. The number of azo groups is 1. The summed E-state index contributed by atoms with van der Waals surface area (Å²) >= 11 is 0. The minimum atomic E-state index is -0.661. The van der Waals surface area contributed by atoms with Crippen LogP contribution in [0.25, 0.3) is 0 Å². The van der Waals surface area contributed by atoms with E-state index >= 15 is 0 Å². The second-order valence-corrected chi connectivity index (χ2v) is 5.97. The van der Waals surface area contributed by atoms with Crippen LogP contribution in [-0.4, -0.2) is 11.6 Å². The van der Waals surface area contributed by atoms with E-state index in [4.69, 9.17) is 5.26 Å². The van der Waals surface area contributed by atoms with E-state index in [-0.39, 0.29) is 0 Å². The minimum Gasteiger partial charge on any atom is -0.196 e. The Labute approximate surface area is 97.9 Å². The van der Waals surface area contributed by atoms with Gasteiger partial charge in [0, 0.05) is 0 Å². The molecular weight excluding hydrogens is 198 g/mol. The highest BCUT2D eigenvalue weighted by molar-refractivity contribution is 5.00. The van der Waals surface area contributed by atoms with Gasteiger partial charge in [-0.1, -0.05) is 6.42 Å². The molecule has 2 bridgehead atoms. The van der Waals surface area contributed by atoms with E-state index in [1.807, 2.05) is 13.8 Å². The molecule has 0 aliphatic heterocycles. The summed E-state index contributed by atoms with van der Waals surface area (Å²) in [4.78, 5) is 0. The summed E-state index contributed by atoms with van der Waals surface area (Å²) in [6.07, 6.45) is 5.55. The summed E-state index contributed by atoms with van der Waals surface area (Å²) in [7, 11) is 0. The summed E-state index contributed by atoms with van der Waals surface area (Å²) in [6.45, 7) is 5.77. The van der Waals surface area contributed by atoms with Crippen LogP contribution >= 0.6 is 0 Å². The van der Waals surface area contributed by atoms with Crippen molar-refractivity contribution in [2.45, 2.75) is 58.0 Å². The third-order valence-electron chi connectivity index (χ3n) is 4.18. The number of hydrogen-bond donors (Lipinski definition) is 0. The molecule has 0 aromatic rings. The van der Waals surface area contributed by atoms with E-state index in [0.717, 1.165) is 17.8 Å². The minimum absolute atomic E-state index is 0.294. The monoisotopic (exact) mass is 219 g/mol. The molecule has 4 unspecified atom stereocenters. The van der Waals surface area contributed by atoms with Crippen LogP contribution < -0.4 is 0 Å². The average molecular weight is 219 g/mol. The fourth-order valence-corrected chi connectivity index (χ4v) is 3.23. The first-order valence-electron chi connectivity index (χ1n) is 6.35. The van der Waals surface area contributed by atoms with E-state index in [0.29, 0.717) is 6.04 Å². The SMILES string of the molecule is CC(N=NC(C)(C)C#N)C1CC2CCC1C2. The maximum Gasteiger partial charge on any atom is 0.161 e. The second-order valence-electron chi connectivity index (χ2n) is 5.97. The lowest BCUT2D eigenvalue weighted by Crippen LogP contribution is -2.22. The van der Waals surface area contributed by atoms with Crippen LogP contribution in [0.3, 0.4) is 0 Å². The Balaban J connectivity index is 1.94. The quantitative estimate of drug-likeness (QED) is 0.669. The van der Waals surface area contributed by atoms with Gasteiger partial charge in [0.05, 0.1) is 12.1 Å². The molecule has 0 radical (unpaired) electrons. The summed E-state index contributed by atoms with van der Waals surface area (Å²) in [5.41, 5.74) is -0.661. The molecule has 3 nitrogen and oxygen atoms in total. The van der Waals surface area contributed by atoms with Gasteiger partial charge in [-0.05, 0) is 57.8 Å². The van der Waals surface area contributed by atoms with Crippen molar-refractivity contribution in [3.8, 4) is 6.07 Å². The largest absolute Gasteiger partial charge is 0.196 e. The first kappa shape index (κ1) is 11.6. The Hall–Kier alpha value is -0.910. The third kappa shape index (κ3) is 2.26. The van der Waals surface area contributed by atoms with Crippen molar-refractivity contribution < 1.29 is 0 Å². The Morgan fingerprint density at radius 2 is 2.06 bits per heavy atom. The zero-order valence-corrected chi connectivity index (χ0v) is 10.5. The highest BCUT2D eigenvalue weighted by Crippen LogP contribution is 2.50. The third-order valence-corrected chi connectivity index (χ3v) is 4.18. The molecular formula is C13H21N3. The van der Waals surface area contributed by atoms with Crippen LogP contribution in [0.1, 0.15) is 46.5 Å². The Bertz CT molecular complexity index is 327. The summed E-state index contributed by atoms with van der Waals surface area (Å²) in [6, 6.07) is 2.46. The maximum absolute atomic E-state index is 8.87. The summed E-state index contributed by atoms with van der Waals surface area (Å²) in [5.74, 6) is 2.55. The first-order chi connectivity index (χ1) is 7.52. The van der Waals surface area contributed by atoms with Crippen LogP contribution in [0.5, 0.6) is 0 Å². The van der Waals surface area contributed by atoms with Crippen molar-refractivity contribution in [3.05, 3.63) is 0 Å². The molecule has 3 heteroatoms. The number of nitrogens with zero attached hydrogens (tertiary/aromatic N) is 3. The number of rotatable bonds is 3. The van der Waals surface area contributed by atoms with Gasteiger partial charge in [0.1, 0.15) is 0 Å². The van der Waals surface area contributed by atoms with Gasteiger partial charge in [-0.2, -0.15) is 15.5 Å². The molecule has 16 heavy (non-hydrogen) atoms. The van der Waals surface area contributed by atoms with Gasteiger partial charge in [0.2, 0.25) is 0 Å². The van der Waals surface area contributed by atoms with Gasteiger partial charge >= 0.3 is 0 Å². The summed E-state index contributed by atoms with van der Waals surface area (Å²) in [5, 5.41) is 17.4. The Kier molecular flexibility index (Phi) is 3.01. The van der Waals surface area contributed by atoms with Crippen molar-refractivity contribution in [1.82, 2.24) is 0 Å². The van der Waals surface area contributed by atoms with E-state index in [1.54, 1.807) is 0 Å². The van der Waals surface area contributed by atoms with Crippen molar-refractivity contribution in [2.24, 2.45) is 28.0 Å². The molecule has 4 atom stereocenters. The number of nitriles is 1. The summed E-state index contributed by atoms with van der Waals surface area (Å²) < 4.78 is 0. The molecule has 0 N–H and O–H groups in total. The molecule has 0 saturated heterocycles. The lowest BCUT2D eigenvalue weighted by molar-refractivity contribution is 0.285. The zero-order chi connectivity index (χ0) is 11.8. The zero-order valence-electron chi connectivity index (χ0n) is 10.5. The normalized spacial score (nSPS) is 35.5. The molecule has 88 valence electrons. The first-order valence-corrected chi connectivity index (χ1v) is 6.35. The molecule has 2 saturated carbocycles. The van der Waals surface area contributed by atoms with Gasteiger partial charge in [-0.25, -0.2) is 0 Å². The maximum atomic E-state index is 8.87. The highest BCUT2D eigenvalue weighted by atomic mass is 15.2. The van der Waals surface area contributed by atoms with E-state index in [1.165, 1.54) is 25.7 Å². The van der Waals surface area contributed by atoms with E-state index in [9.17, 15) is 0 Å². The fraction of sp³-hybridized carbons (Fsp3) is 0.923. The molecule has 0 spiro atoms. The molecule has 2 fully saturated rings. The molecule has 2 rings (SSSR count). The van der Waals surface area contributed by atoms with Gasteiger partial charge in [-0.3, -0.25) is 0 Å². The molecule has 0 heterocycles.